The van der Waals surface area contributed by atoms with E-state index in [1.54, 1.807) is 6.92 Å². The number of alkyl halides is 2. The number of fused-ring (bicyclic) bond motifs is 1. The molecule has 34 heavy (non-hydrogen) atoms. The molecule has 180 valence electrons. The number of benzene rings is 2. The first-order valence-corrected chi connectivity index (χ1v) is 11.9. The Bertz CT molecular complexity index is 1160. The summed E-state index contributed by atoms with van der Waals surface area (Å²) in [5.41, 5.74) is 1.20. The van der Waals surface area contributed by atoms with E-state index in [1.165, 1.54) is 30.0 Å². The Kier molecular flexibility index (Phi) is 8.15. The Morgan fingerprint density at radius 2 is 2.00 bits per heavy atom. The zero-order chi connectivity index (χ0) is 24.1. The summed E-state index contributed by atoms with van der Waals surface area (Å²) in [4.78, 5) is 24.5. The van der Waals surface area contributed by atoms with Crippen molar-refractivity contribution >= 4 is 45.9 Å². The minimum atomic E-state index is -2.98. The molecule has 11 heteroatoms. The predicted molar refractivity (Wildman–Crippen MR) is 128 cm³/mol. The molecular weight excluding hydrogens is 486 g/mol. The van der Waals surface area contributed by atoms with Gasteiger partial charge in [-0.05, 0) is 31.2 Å². The molecule has 1 aromatic heterocycles. The lowest BCUT2D eigenvalue weighted by molar-refractivity contribution is -0.115. The summed E-state index contributed by atoms with van der Waals surface area (Å²) in [5.74, 6) is 0.260. The smallest absolute Gasteiger partial charge is 0.387 e. The van der Waals surface area contributed by atoms with Crippen molar-refractivity contribution in [2.45, 2.75) is 30.4 Å². The third kappa shape index (κ3) is 6.32. The van der Waals surface area contributed by atoms with Gasteiger partial charge in [0.05, 0.1) is 35.5 Å². The van der Waals surface area contributed by atoms with Crippen molar-refractivity contribution in [3.8, 4) is 5.75 Å². The molecule has 0 aliphatic carbocycles. The molecule has 1 amide bonds. The monoisotopic (exact) mass is 508 g/mol. The van der Waals surface area contributed by atoms with Crippen molar-refractivity contribution in [3.05, 3.63) is 53.3 Å². The van der Waals surface area contributed by atoms with Gasteiger partial charge in [0.25, 0.3) is 0 Å². The molecule has 0 saturated carbocycles. The van der Waals surface area contributed by atoms with Gasteiger partial charge >= 0.3 is 6.61 Å². The van der Waals surface area contributed by atoms with Gasteiger partial charge in [0.15, 0.2) is 0 Å². The minimum absolute atomic E-state index is 0.0204. The van der Waals surface area contributed by atoms with Crippen LogP contribution in [0, 0.1) is 0 Å². The van der Waals surface area contributed by atoms with Crippen molar-refractivity contribution < 1.29 is 23.0 Å². The number of halogens is 3. The average molecular weight is 509 g/mol. The van der Waals surface area contributed by atoms with Crippen LogP contribution in [-0.4, -0.2) is 58.9 Å². The highest BCUT2D eigenvalue weighted by atomic mass is 35.5. The van der Waals surface area contributed by atoms with E-state index in [2.05, 4.69) is 15.0 Å². The predicted octanol–water partition coefficient (Wildman–Crippen LogP) is 4.84. The summed E-state index contributed by atoms with van der Waals surface area (Å²) < 4.78 is 34.6. The minimum Gasteiger partial charge on any atom is -0.433 e. The lowest BCUT2D eigenvalue weighted by atomic mass is 10.2. The fraction of sp³-hybridized carbons (Fsp3) is 0.348. The Labute approximate surface area is 204 Å². The molecule has 1 aliphatic heterocycles. The maximum absolute atomic E-state index is 12.8. The third-order valence-electron chi connectivity index (χ3n) is 5.16. The fourth-order valence-corrected chi connectivity index (χ4v) is 4.63. The van der Waals surface area contributed by atoms with Crippen molar-refractivity contribution in [1.82, 2.24) is 14.9 Å². The van der Waals surface area contributed by atoms with Crippen LogP contribution in [0.15, 0.2) is 47.5 Å². The normalized spacial score (nSPS) is 15.4. The first-order valence-electron chi connectivity index (χ1n) is 10.7. The lowest BCUT2D eigenvalue weighted by Crippen LogP contribution is -2.36. The van der Waals surface area contributed by atoms with Crippen LogP contribution in [0.2, 0.25) is 5.02 Å². The molecule has 0 unspecified atom stereocenters. The molecule has 1 fully saturated rings. The standard InChI is InChI=1S/C23H23ClF2N4O3S/c1-14(21(31)27-15-6-7-19(17(24)12-15)33-23(25)26)34-22-16-4-2-3-5-18(16)28-20(29-22)13-30-8-10-32-11-9-30/h2-7,12,14,23H,8-11,13H2,1H3,(H,27,31)/t14-/m1/s1. The molecule has 2 aromatic carbocycles. The molecular formula is C23H23ClF2N4O3S. The zero-order valence-corrected chi connectivity index (χ0v) is 19.9. The summed E-state index contributed by atoms with van der Waals surface area (Å²) in [6.07, 6.45) is 0. The molecule has 0 bridgehead atoms. The zero-order valence-electron chi connectivity index (χ0n) is 18.3. The third-order valence-corrected chi connectivity index (χ3v) is 6.55. The maximum Gasteiger partial charge on any atom is 0.387 e. The van der Waals surface area contributed by atoms with Crippen LogP contribution in [0.4, 0.5) is 14.5 Å². The van der Waals surface area contributed by atoms with Gasteiger partial charge in [-0.3, -0.25) is 9.69 Å². The van der Waals surface area contributed by atoms with Crippen molar-refractivity contribution in [2.24, 2.45) is 0 Å². The van der Waals surface area contributed by atoms with E-state index in [4.69, 9.17) is 26.3 Å². The van der Waals surface area contributed by atoms with Crippen LogP contribution in [0.1, 0.15) is 12.7 Å². The van der Waals surface area contributed by atoms with Crippen LogP contribution in [0.3, 0.4) is 0 Å². The molecule has 3 aromatic rings. The summed E-state index contributed by atoms with van der Waals surface area (Å²) in [5, 5.41) is 3.83. The molecule has 2 heterocycles. The van der Waals surface area contributed by atoms with Crippen molar-refractivity contribution in [2.75, 3.05) is 31.6 Å². The van der Waals surface area contributed by atoms with Crippen LogP contribution in [0.25, 0.3) is 10.9 Å². The topological polar surface area (TPSA) is 76.6 Å². The number of rotatable bonds is 8. The number of nitrogens with one attached hydrogen (secondary N) is 1. The van der Waals surface area contributed by atoms with Gasteiger partial charge in [-0.2, -0.15) is 8.78 Å². The number of carbonyl (C=O) groups is 1. The maximum atomic E-state index is 12.8. The Balaban J connectivity index is 1.48. The highest BCUT2D eigenvalue weighted by Crippen LogP contribution is 2.31. The molecule has 1 aliphatic rings. The number of ether oxygens (including phenoxy) is 2. The summed E-state index contributed by atoms with van der Waals surface area (Å²) >= 11 is 7.31. The fourth-order valence-electron chi connectivity index (χ4n) is 3.45. The molecule has 1 atom stereocenters. The number of hydrogen-bond donors (Lipinski definition) is 1. The number of hydrogen-bond acceptors (Lipinski definition) is 7. The lowest BCUT2D eigenvalue weighted by Gasteiger charge is -2.26. The van der Waals surface area contributed by atoms with Crippen LogP contribution in [-0.2, 0) is 16.1 Å². The van der Waals surface area contributed by atoms with Gasteiger partial charge < -0.3 is 14.8 Å². The van der Waals surface area contributed by atoms with E-state index in [0.717, 1.165) is 29.0 Å². The molecule has 4 rings (SSSR count). The molecule has 1 N–H and O–H groups in total. The van der Waals surface area contributed by atoms with E-state index in [1.807, 2.05) is 24.3 Å². The quantitative estimate of drug-likeness (QED) is 0.345. The van der Waals surface area contributed by atoms with E-state index < -0.39 is 11.9 Å². The number of anilines is 1. The van der Waals surface area contributed by atoms with E-state index in [9.17, 15) is 13.6 Å². The van der Waals surface area contributed by atoms with Crippen LogP contribution in [0.5, 0.6) is 5.75 Å². The van der Waals surface area contributed by atoms with Gasteiger partial charge in [-0.1, -0.05) is 41.6 Å². The highest BCUT2D eigenvalue weighted by molar-refractivity contribution is 8.00. The molecule has 0 radical (unpaired) electrons. The van der Waals surface area contributed by atoms with Gasteiger partial charge in [0.2, 0.25) is 5.91 Å². The van der Waals surface area contributed by atoms with Crippen molar-refractivity contribution in [1.29, 1.82) is 0 Å². The second kappa shape index (κ2) is 11.3. The highest BCUT2D eigenvalue weighted by Gasteiger charge is 2.20. The van der Waals surface area contributed by atoms with Gasteiger partial charge in [0, 0.05) is 24.2 Å². The number of para-hydroxylation sites is 1. The first kappa shape index (κ1) is 24.6. The second-order valence-corrected chi connectivity index (χ2v) is 9.36. The van der Waals surface area contributed by atoms with E-state index in [0.29, 0.717) is 31.3 Å². The summed E-state index contributed by atoms with van der Waals surface area (Å²) in [7, 11) is 0. The Morgan fingerprint density at radius 1 is 1.24 bits per heavy atom. The molecule has 0 spiro atoms. The summed E-state index contributed by atoms with van der Waals surface area (Å²) in [6.45, 7) is 2.41. The van der Waals surface area contributed by atoms with Gasteiger partial charge in [-0.25, -0.2) is 9.97 Å². The largest absolute Gasteiger partial charge is 0.433 e. The Morgan fingerprint density at radius 3 is 2.74 bits per heavy atom. The molecule has 1 saturated heterocycles. The number of nitrogens with zero attached hydrogens (tertiary/aromatic N) is 3. The van der Waals surface area contributed by atoms with E-state index >= 15 is 0 Å². The van der Waals surface area contributed by atoms with Crippen LogP contribution >= 0.6 is 23.4 Å². The number of amides is 1. The van der Waals surface area contributed by atoms with E-state index in [-0.39, 0.29) is 16.7 Å². The summed E-state index contributed by atoms with van der Waals surface area (Å²) in [6, 6.07) is 11.8. The van der Waals surface area contributed by atoms with Gasteiger partial charge in [0.1, 0.15) is 16.6 Å². The second-order valence-electron chi connectivity index (χ2n) is 7.62. The van der Waals surface area contributed by atoms with Crippen molar-refractivity contribution in [3.63, 3.8) is 0 Å². The van der Waals surface area contributed by atoms with Gasteiger partial charge in [-0.15, -0.1) is 0 Å². The molecule has 7 nitrogen and oxygen atoms in total. The number of carbonyl (C=O) groups excluding carboxylic acids is 1. The number of morpholine rings is 1. The average Bonchev–Trinajstić information content (AvgIpc) is 2.81. The number of thioether (sulfide) groups is 1. The number of aromatic nitrogens is 2. The Hall–Kier alpha value is -2.53. The first-order chi connectivity index (χ1) is 16.4. The SMILES string of the molecule is C[C@@H](Sc1nc(CN2CCOCC2)nc2ccccc12)C(=O)Nc1ccc(OC(F)F)c(Cl)c1. The van der Waals surface area contributed by atoms with Crippen LogP contribution < -0.4 is 10.1 Å².